The van der Waals surface area contributed by atoms with Gasteiger partial charge in [0.1, 0.15) is 11.6 Å². The Bertz CT molecular complexity index is 1360. The smallest absolute Gasteiger partial charge is 0.232 e. The van der Waals surface area contributed by atoms with E-state index < -0.39 is 11.6 Å². The van der Waals surface area contributed by atoms with Crippen molar-refractivity contribution in [2.75, 3.05) is 25.3 Å². The van der Waals surface area contributed by atoms with Gasteiger partial charge in [0.05, 0.1) is 39.4 Å². The van der Waals surface area contributed by atoms with Gasteiger partial charge in [-0.3, -0.25) is 0 Å². The van der Waals surface area contributed by atoms with Crippen LogP contribution >= 0.6 is 66.7 Å². The van der Waals surface area contributed by atoms with Gasteiger partial charge in [-0.2, -0.15) is 9.97 Å². The second-order valence-corrected chi connectivity index (χ2v) is 9.34. The molecule has 0 spiro atoms. The Hall–Kier alpha value is -2.51. The van der Waals surface area contributed by atoms with Crippen molar-refractivity contribution >= 4 is 84.0 Å². The van der Waals surface area contributed by atoms with Crippen LogP contribution in [0.4, 0.5) is 26.1 Å². The molecule has 2 aromatic carbocycles. The Kier molecular flexibility index (Phi) is 12.5. The van der Waals surface area contributed by atoms with E-state index in [0.29, 0.717) is 38.0 Å². The number of methoxy groups -OCH3 is 2. The van der Waals surface area contributed by atoms with Crippen molar-refractivity contribution in [3.8, 4) is 11.8 Å². The van der Waals surface area contributed by atoms with E-state index in [-0.39, 0.29) is 15.3 Å². The van der Waals surface area contributed by atoms with Gasteiger partial charge in [-0.15, -0.1) is 0 Å². The van der Waals surface area contributed by atoms with Crippen LogP contribution in [0.1, 0.15) is 0 Å². The first-order chi connectivity index (χ1) is 17.5. The lowest BCUT2D eigenvalue weighted by molar-refractivity contribution is 0.394. The highest BCUT2D eigenvalue weighted by atomic mass is 79.9. The number of nitrogens with two attached hydrogens (primary N) is 1. The third-order valence-electron chi connectivity index (χ3n) is 3.90. The summed E-state index contributed by atoms with van der Waals surface area (Å²) in [5.74, 6) is 0.265. The number of ether oxygens (including phenoxy) is 2. The molecule has 0 fully saturated rings. The van der Waals surface area contributed by atoms with Crippen molar-refractivity contribution in [3.05, 3.63) is 84.7 Å². The Morgan fingerprint density at radius 1 is 0.811 bits per heavy atom. The van der Waals surface area contributed by atoms with Crippen molar-refractivity contribution in [1.29, 1.82) is 0 Å². The van der Waals surface area contributed by atoms with E-state index in [4.69, 9.17) is 50.0 Å². The molecule has 0 aliphatic heterocycles. The highest BCUT2D eigenvalue weighted by Crippen LogP contribution is 2.25. The van der Waals surface area contributed by atoms with E-state index in [9.17, 15) is 8.78 Å². The number of halogens is 7. The predicted octanol–water partition coefficient (Wildman–Crippen LogP) is 7.75. The number of nitrogens with zero attached hydrogens (tertiary/aromatic N) is 4. The first-order valence-electron chi connectivity index (χ1n) is 9.75. The van der Waals surface area contributed by atoms with E-state index in [1.165, 1.54) is 50.7 Å². The molecule has 0 unspecified atom stereocenters. The molecule has 0 radical (unpaired) electrons. The van der Waals surface area contributed by atoms with Gasteiger partial charge in [0.25, 0.3) is 0 Å². The summed E-state index contributed by atoms with van der Waals surface area (Å²) in [5, 5.41) is 3.18. The molecule has 4 aromatic rings. The molecular formula is C22H17Br2Cl3F2N6O2. The minimum Gasteiger partial charge on any atom is -0.480 e. The van der Waals surface area contributed by atoms with Crippen LogP contribution < -0.4 is 20.5 Å². The van der Waals surface area contributed by atoms with E-state index in [0.717, 1.165) is 0 Å². The fourth-order valence-corrected chi connectivity index (χ4v) is 3.45. The van der Waals surface area contributed by atoms with Gasteiger partial charge in [-0.05, 0) is 79.9 Å². The lowest BCUT2D eigenvalue weighted by Gasteiger charge is -2.07. The molecule has 2 heterocycles. The lowest BCUT2D eigenvalue weighted by Crippen LogP contribution is -1.99. The number of hydrogen-bond donors (Lipinski definition) is 2. The van der Waals surface area contributed by atoms with Gasteiger partial charge in [-0.1, -0.05) is 23.2 Å². The first kappa shape index (κ1) is 30.7. The molecule has 0 aliphatic rings. The molecule has 37 heavy (non-hydrogen) atoms. The van der Waals surface area contributed by atoms with Crippen LogP contribution in [0.15, 0.2) is 57.7 Å². The molecule has 8 nitrogen and oxygen atoms in total. The van der Waals surface area contributed by atoms with Crippen molar-refractivity contribution in [2.24, 2.45) is 0 Å². The Morgan fingerprint density at radius 3 is 1.86 bits per heavy atom. The van der Waals surface area contributed by atoms with E-state index in [1.54, 1.807) is 12.3 Å². The largest absolute Gasteiger partial charge is 0.480 e. The van der Waals surface area contributed by atoms with E-state index in [2.05, 4.69) is 57.1 Å². The molecule has 4 rings (SSSR count). The van der Waals surface area contributed by atoms with Crippen LogP contribution in [-0.4, -0.2) is 34.2 Å². The standard InChI is InChI=1S/C11H8BrClFN3O.C6H5ClFN.C5H4BrClN2O/c1-18-10-7(12)5-15-11(17-10)16-6-2-3-9(14)8(13)4-6;7-5-3-4(9)1-2-6(5)8;1-10-4-3(6)2-8-5(7)9-4/h2-5H,1H3,(H,15,16,17);1-3H,9H2;2H,1H3. The van der Waals surface area contributed by atoms with Crippen LogP contribution in [-0.2, 0) is 0 Å². The third-order valence-corrected chi connectivity index (χ3v) is 5.75. The zero-order valence-corrected chi connectivity index (χ0v) is 24.4. The van der Waals surface area contributed by atoms with Crippen LogP contribution in [0.3, 0.4) is 0 Å². The Morgan fingerprint density at radius 2 is 1.35 bits per heavy atom. The number of aromatic nitrogens is 4. The van der Waals surface area contributed by atoms with Crippen LogP contribution in [0.2, 0.25) is 15.3 Å². The average molecular weight is 702 g/mol. The van der Waals surface area contributed by atoms with Crippen molar-refractivity contribution in [2.45, 2.75) is 0 Å². The first-order valence-corrected chi connectivity index (χ1v) is 12.5. The van der Waals surface area contributed by atoms with Gasteiger partial charge in [0, 0.05) is 17.6 Å². The summed E-state index contributed by atoms with van der Waals surface area (Å²) in [6.07, 6.45) is 3.09. The molecule has 15 heteroatoms. The Labute approximate surface area is 242 Å². The molecule has 0 amide bonds. The second kappa shape index (κ2) is 15.0. The van der Waals surface area contributed by atoms with Gasteiger partial charge < -0.3 is 20.5 Å². The summed E-state index contributed by atoms with van der Waals surface area (Å²) in [6, 6.07) is 8.32. The van der Waals surface area contributed by atoms with Crippen LogP contribution in [0.5, 0.6) is 11.8 Å². The molecule has 196 valence electrons. The zero-order chi connectivity index (χ0) is 27.5. The van der Waals surface area contributed by atoms with Crippen molar-refractivity contribution in [3.63, 3.8) is 0 Å². The molecule has 0 saturated heterocycles. The highest BCUT2D eigenvalue weighted by Gasteiger charge is 2.07. The number of nitrogen functional groups attached to an aromatic ring is 1. The molecule has 0 atom stereocenters. The minimum absolute atomic E-state index is 0.0316. The molecule has 2 aromatic heterocycles. The number of rotatable bonds is 4. The maximum absolute atomic E-state index is 13.0. The predicted molar refractivity (Wildman–Crippen MR) is 148 cm³/mol. The number of hydrogen-bond acceptors (Lipinski definition) is 8. The topological polar surface area (TPSA) is 108 Å². The van der Waals surface area contributed by atoms with Gasteiger partial charge in [0.15, 0.2) is 0 Å². The molecule has 3 N–H and O–H groups in total. The van der Waals surface area contributed by atoms with Gasteiger partial charge in [0.2, 0.25) is 23.0 Å². The fourth-order valence-electron chi connectivity index (χ4n) is 2.24. The van der Waals surface area contributed by atoms with Crippen LogP contribution in [0.25, 0.3) is 0 Å². The number of nitrogens with one attached hydrogen (secondary N) is 1. The van der Waals surface area contributed by atoms with E-state index in [1.807, 2.05) is 0 Å². The third kappa shape index (κ3) is 10.0. The monoisotopic (exact) mass is 698 g/mol. The lowest BCUT2D eigenvalue weighted by atomic mass is 10.3. The van der Waals surface area contributed by atoms with Crippen molar-refractivity contribution in [1.82, 2.24) is 19.9 Å². The summed E-state index contributed by atoms with van der Waals surface area (Å²) in [4.78, 5) is 15.6. The molecular weight excluding hydrogens is 684 g/mol. The minimum atomic E-state index is -0.475. The Balaban J connectivity index is 0.000000214. The fraction of sp³-hybridized carbons (Fsp3) is 0.0909. The number of anilines is 3. The maximum Gasteiger partial charge on any atom is 0.232 e. The summed E-state index contributed by atoms with van der Waals surface area (Å²) >= 11 is 22.9. The SMILES string of the molecule is COc1nc(Cl)ncc1Br.COc1nc(Nc2ccc(F)c(Cl)c2)ncc1Br.Nc1ccc(F)c(Cl)c1. The van der Waals surface area contributed by atoms with E-state index >= 15 is 0 Å². The number of benzene rings is 2. The molecule has 0 bridgehead atoms. The van der Waals surface area contributed by atoms with Crippen LogP contribution in [0, 0.1) is 11.6 Å². The summed E-state index contributed by atoms with van der Waals surface area (Å²) < 4.78 is 36.5. The zero-order valence-electron chi connectivity index (χ0n) is 18.9. The summed E-state index contributed by atoms with van der Waals surface area (Å²) in [6.45, 7) is 0. The van der Waals surface area contributed by atoms with Crippen molar-refractivity contribution < 1.29 is 18.3 Å². The summed E-state index contributed by atoms with van der Waals surface area (Å²) in [5.41, 5.74) is 6.34. The second-order valence-electron chi connectivity index (χ2n) is 6.47. The molecule has 0 aliphatic carbocycles. The van der Waals surface area contributed by atoms with Gasteiger partial charge in [-0.25, -0.2) is 18.7 Å². The maximum atomic E-state index is 13.0. The van der Waals surface area contributed by atoms with Gasteiger partial charge >= 0.3 is 0 Å². The molecule has 0 saturated carbocycles. The summed E-state index contributed by atoms with van der Waals surface area (Å²) in [7, 11) is 3.02. The quantitative estimate of drug-likeness (QED) is 0.164. The normalized spacial score (nSPS) is 9.86. The average Bonchev–Trinajstić information content (AvgIpc) is 2.87. The highest BCUT2D eigenvalue weighted by molar-refractivity contribution is 9.10.